The molecule has 0 aromatic heterocycles. The number of ether oxygens (including phenoxy) is 1. The SMILES string of the molecule is O=C(O)[C@@H]1CC[C@@H]2OCC[C@@H]2N1C(=O)/C=C/c1ccc(F)cc1F. The molecular weight excluding hydrogens is 320 g/mol. The van der Waals surface area contributed by atoms with Crippen molar-refractivity contribution in [3.63, 3.8) is 0 Å². The number of carbonyl (C=O) groups is 2. The van der Waals surface area contributed by atoms with Gasteiger partial charge >= 0.3 is 5.97 Å². The van der Waals surface area contributed by atoms with Crippen molar-refractivity contribution in [2.24, 2.45) is 0 Å². The highest BCUT2D eigenvalue weighted by Gasteiger charge is 2.45. The lowest BCUT2D eigenvalue weighted by Gasteiger charge is -2.40. The molecule has 0 aliphatic carbocycles. The average Bonchev–Trinajstić information content (AvgIpc) is 3.01. The maximum Gasteiger partial charge on any atom is 0.326 e. The van der Waals surface area contributed by atoms with Crippen molar-refractivity contribution in [2.75, 3.05) is 6.61 Å². The summed E-state index contributed by atoms with van der Waals surface area (Å²) in [4.78, 5) is 25.3. The number of aliphatic carboxylic acids is 1. The van der Waals surface area contributed by atoms with Crippen LogP contribution in [0.1, 0.15) is 24.8 Å². The molecule has 0 spiro atoms. The van der Waals surface area contributed by atoms with Gasteiger partial charge in [0.05, 0.1) is 12.1 Å². The monoisotopic (exact) mass is 337 g/mol. The van der Waals surface area contributed by atoms with Gasteiger partial charge in [0, 0.05) is 24.3 Å². The molecule has 1 aromatic rings. The number of amides is 1. The molecule has 1 amide bonds. The lowest BCUT2D eigenvalue weighted by molar-refractivity contribution is -0.155. The number of halogens is 2. The number of hydrogen-bond acceptors (Lipinski definition) is 3. The number of likely N-dealkylation sites (tertiary alicyclic amines) is 1. The second-order valence-corrected chi connectivity index (χ2v) is 5.94. The van der Waals surface area contributed by atoms with Crippen LogP contribution >= 0.6 is 0 Å². The summed E-state index contributed by atoms with van der Waals surface area (Å²) in [6.45, 7) is 0.488. The largest absolute Gasteiger partial charge is 0.480 e. The predicted octanol–water partition coefficient (Wildman–Crippen LogP) is 2.21. The summed E-state index contributed by atoms with van der Waals surface area (Å²) in [7, 11) is 0. The Kier molecular flexibility index (Phi) is 4.62. The lowest BCUT2D eigenvalue weighted by Crippen LogP contribution is -2.56. The van der Waals surface area contributed by atoms with E-state index < -0.39 is 29.6 Å². The Morgan fingerprint density at radius 3 is 2.75 bits per heavy atom. The Morgan fingerprint density at radius 2 is 2.04 bits per heavy atom. The van der Waals surface area contributed by atoms with Gasteiger partial charge in [-0.25, -0.2) is 13.6 Å². The molecule has 1 N–H and O–H groups in total. The maximum absolute atomic E-state index is 13.6. The normalized spacial score (nSPS) is 26.6. The van der Waals surface area contributed by atoms with Gasteiger partial charge in [-0.1, -0.05) is 0 Å². The van der Waals surface area contributed by atoms with E-state index in [0.29, 0.717) is 25.9 Å². The van der Waals surface area contributed by atoms with E-state index in [1.165, 1.54) is 17.0 Å². The van der Waals surface area contributed by atoms with Crippen molar-refractivity contribution in [1.82, 2.24) is 4.90 Å². The quantitative estimate of drug-likeness (QED) is 0.859. The molecule has 3 rings (SSSR count). The van der Waals surface area contributed by atoms with E-state index in [0.717, 1.165) is 18.2 Å². The minimum absolute atomic E-state index is 0.0628. The van der Waals surface area contributed by atoms with Crippen LogP contribution in [0.5, 0.6) is 0 Å². The Balaban J connectivity index is 1.82. The summed E-state index contributed by atoms with van der Waals surface area (Å²) < 4.78 is 32.1. The van der Waals surface area contributed by atoms with Gasteiger partial charge in [0.1, 0.15) is 17.7 Å². The van der Waals surface area contributed by atoms with Crippen LogP contribution in [-0.4, -0.2) is 46.7 Å². The highest BCUT2D eigenvalue weighted by molar-refractivity contribution is 5.95. The second kappa shape index (κ2) is 6.68. The van der Waals surface area contributed by atoms with Gasteiger partial charge in [0.2, 0.25) is 5.91 Å². The molecule has 1 aromatic carbocycles. The van der Waals surface area contributed by atoms with Crippen molar-refractivity contribution >= 4 is 18.0 Å². The van der Waals surface area contributed by atoms with E-state index in [1.54, 1.807) is 0 Å². The maximum atomic E-state index is 13.6. The molecule has 0 radical (unpaired) electrons. The molecule has 24 heavy (non-hydrogen) atoms. The second-order valence-electron chi connectivity index (χ2n) is 5.94. The van der Waals surface area contributed by atoms with Gasteiger partial charge in [-0.3, -0.25) is 4.79 Å². The van der Waals surface area contributed by atoms with Crippen molar-refractivity contribution in [1.29, 1.82) is 0 Å². The van der Waals surface area contributed by atoms with Gasteiger partial charge in [-0.2, -0.15) is 0 Å². The van der Waals surface area contributed by atoms with E-state index >= 15 is 0 Å². The van der Waals surface area contributed by atoms with E-state index in [1.807, 2.05) is 0 Å². The van der Waals surface area contributed by atoms with Crippen LogP contribution in [0.4, 0.5) is 8.78 Å². The highest BCUT2D eigenvalue weighted by atomic mass is 19.1. The van der Waals surface area contributed by atoms with Crippen LogP contribution in [0.3, 0.4) is 0 Å². The number of piperidine rings is 1. The Labute approximate surface area is 137 Å². The summed E-state index contributed by atoms with van der Waals surface area (Å²) in [6.07, 6.45) is 3.71. The van der Waals surface area contributed by atoms with Crippen molar-refractivity contribution < 1.29 is 28.2 Å². The number of nitrogens with zero attached hydrogens (tertiary/aromatic N) is 1. The lowest BCUT2D eigenvalue weighted by atomic mass is 9.92. The van der Waals surface area contributed by atoms with Crippen LogP contribution in [-0.2, 0) is 14.3 Å². The zero-order valence-electron chi connectivity index (χ0n) is 12.8. The van der Waals surface area contributed by atoms with Gasteiger partial charge in [0.15, 0.2) is 0 Å². The summed E-state index contributed by atoms with van der Waals surface area (Å²) >= 11 is 0. The van der Waals surface area contributed by atoms with Crippen LogP contribution < -0.4 is 0 Å². The fourth-order valence-electron chi connectivity index (χ4n) is 3.37. The van der Waals surface area contributed by atoms with E-state index in [-0.39, 0.29) is 17.7 Å². The topological polar surface area (TPSA) is 66.8 Å². The van der Waals surface area contributed by atoms with Gasteiger partial charge in [0.25, 0.3) is 0 Å². The van der Waals surface area contributed by atoms with Crippen LogP contribution in [0.2, 0.25) is 0 Å². The number of rotatable bonds is 3. The molecule has 128 valence electrons. The standard InChI is InChI=1S/C17H17F2NO4/c18-11-3-1-10(12(19)9-11)2-6-16(21)20-13-7-8-24-15(13)5-4-14(20)17(22)23/h1-3,6,9,13-15H,4-5,7-8H2,(H,22,23)/b6-2+/t13-,14-,15-/m0/s1. The molecule has 2 saturated heterocycles. The predicted molar refractivity (Wildman–Crippen MR) is 81.0 cm³/mol. The molecule has 2 heterocycles. The third-order valence-corrected chi connectivity index (χ3v) is 4.50. The molecule has 7 heteroatoms. The minimum atomic E-state index is -1.06. The first-order chi connectivity index (χ1) is 11.5. The van der Waals surface area contributed by atoms with Crippen LogP contribution in [0.25, 0.3) is 6.08 Å². The number of fused-ring (bicyclic) bond motifs is 1. The van der Waals surface area contributed by atoms with E-state index in [9.17, 15) is 23.5 Å². The van der Waals surface area contributed by atoms with Gasteiger partial charge < -0.3 is 14.7 Å². The van der Waals surface area contributed by atoms with E-state index in [2.05, 4.69) is 0 Å². The fraction of sp³-hybridized carbons (Fsp3) is 0.412. The Morgan fingerprint density at radius 1 is 1.25 bits per heavy atom. The molecule has 3 atom stereocenters. The number of benzene rings is 1. The van der Waals surface area contributed by atoms with E-state index in [4.69, 9.17) is 4.74 Å². The Bertz CT molecular complexity index is 691. The molecular formula is C17H17F2NO4. The third kappa shape index (κ3) is 3.17. The molecule has 2 aliphatic heterocycles. The zero-order chi connectivity index (χ0) is 17.3. The van der Waals surface area contributed by atoms with Gasteiger partial charge in [-0.15, -0.1) is 0 Å². The molecule has 0 unspecified atom stereocenters. The first-order valence-corrected chi connectivity index (χ1v) is 7.77. The van der Waals surface area contributed by atoms with Gasteiger partial charge in [-0.05, 0) is 37.5 Å². The minimum Gasteiger partial charge on any atom is -0.480 e. The smallest absolute Gasteiger partial charge is 0.326 e. The van der Waals surface area contributed by atoms with Crippen LogP contribution in [0.15, 0.2) is 24.3 Å². The number of hydrogen-bond donors (Lipinski definition) is 1. The fourth-order valence-corrected chi connectivity index (χ4v) is 3.37. The third-order valence-electron chi connectivity index (χ3n) is 4.50. The van der Waals surface area contributed by atoms with Crippen LogP contribution in [0, 0.1) is 11.6 Å². The summed E-state index contributed by atoms with van der Waals surface area (Å²) in [5.74, 6) is -3.06. The number of carboxylic acid groups (broad SMARTS) is 1. The Hall–Kier alpha value is -2.28. The highest BCUT2D eigenvalue weighted by Crippen LogP contribution is 2.32. The number of carboxylic acids is 1. The number of carbonyl (C=O) groups excluding carboxylic acids is 1. The molecule has 0 saturated carbocycles. The van der Waals surface area contributed by atoms with Crippen molar-refractivity contribution in [3.8, 4) is 0 Å². The molecule has 0 bridgehead atoms. The van der Waals surface area contributed by atoms with Crippen molar-refractivity contribution in [3.05, 3.63) is 41.5 Å². The summed E-state index contributed by atoms with van der Waals surface area (Å²) in [5.41, 5.74) is 0.0628. The first-order valence-electron chi connectivity index (χ1n) is 7.77. The first kappa shape index (κ1) is 16.6. The summed E-state index contributed by atoms with van der Waals surface area (Å²) in [6, 6.07) is 1.85. The molecule has 2 aliphatic rings. The van der Waals surface area contributed by atoms with Crippen molar-refractivity contribution in [2.45, 2.75) is 37.5 Å². The molecule has 2 fully saturated rings. The average molecular weight is 337 g/mol. The zero-order valence-corrected chi connectivity index (χ0v) is 12.8. The summed E-state index contributed by atoms with van der Waals surface area (Å²) in [5, 5.41) is 9.38. The molecule has 5 nitrogen and oxygen atoms in total.